The Hall–Kier alpha value is -4.19. The van der Waals surface area contributed by atoms with E-state index in [0.717, 1.165) is 24.0 Å². The summed E-state index contributed by atoms with van der Waals surface area (Å²) < 4.78 is 30.5. The molecule has 328 valence electrons. The van der Waals surface area contributed by atoms with Crippen LogP contribution in [0.5, 0.6) is 0 Å². The molecule has 1 saturated heterocycles. The number of hydrogen-bond donors (Lipinski definition) is 2. The average Bonchev–Trinajstić information content (AvgIpc) is 3.55. The van der Waals surface area contributed by atoms with Gasteiger partial charge in [-0.05, 0) is 127 Å². The Morgan fingerprint density at radius 2 is 1.20 bits per heavy atom. The van der Waals surface area contributed by atoms with Gasteiger partial charge in [0.15, 0.2) is 24.2 Å². The zero-order valence-corrected chi connectivity index (χ0v) is 38.6. The van der Waals surface area contributed by atoms with Crippen molar-refractivity contribution in [2.75, 3.05) is 6.61 Å². The first-order valence-electron chi connectivity index (χ1n) is 20.8. The quantitative estimate of drug-likeness (QED) is 0.187. The molecule has 1 aliphatic heterocycles. The molecule has 1 unspecified atom stereocenters. The number of carbonyl (C=O) groups is 5. The maximum absolute atomic E-state index is 14.1. The first kappa shape index (κ1) is 47.5. The molecule has 2 aliphatic rings. The van der Waals surface area contributed by atoms with Crippen LogP contribution in [0.3, 0.4) is 0 Å². The van der Waals surface area contributed by atoms with Crippen LogP contribution in [0.15, 0.2) is 28.7 Å². The van der Waals surface area contributed by atoms with E-state index in [1.54, 1.807) is 95.2 Å². The molecule has 2 aromatic rings. The molecule has 0 bridgehead atoms. The lowest BCUT2D eigenvalue weighted by Gasteiger charge is -2.47. The molecule has 59 heavy (non-hydrogen) atoms. The Kier molecular flexibility index (Phi) is 13.4. The van der Waals surface area contributed by atoms with Gasteiger partial charge < -0.3 is 34.0 Å². The first-order chi connectivity index (χ1) is 26.7. The standard InChI is InChI=1S/C47H70N2O10/c1-26-22-29-30(47(16,17)21-20-46(29,14)15)24-27(26)23-28-18-19-31(56-28)36(50)49-37-35(59-41(54)45(11,12)13)33(48-38(51)42(2,3)4)34(58-40(53)44(8,9)10)32(57-37)25-55-39(52)43(5,6)7/h18-19,22,24,32-35,37H,20-21,23,25H2,1-17H3,(H,48,51)(H,49,50)/t32-,33+,34+,35-,37?/m1/s1. The highest BCUT2D eigenvalue weighted by atomic mass is 16.6. The molecule has 0 spiro atoms. The van der Waals surface area contributed by atoms with E-state index in [4.69, 9.17) is 23.4 Å². The summed E-state index contributed by atoms with van der Waals surface area (Å²) in [4.78, 5) is 68.1. The largest absolute Gasteiger partial charge is 0.462 e. The summed E-state index contributed by atoms with van der Waals surface area (Å²) in [6.45, 7) is 31.0. The Labute approximate surface area is 351 Å². The van der Waals surface area contributed by atoms with Crippen LogP contribution < -0.4 is 10.6 Å². The van der Waals surface area contributed by atoms with Crippen molar-refractivity contribution in [3.8, 4) is 0 Å². The molecule has 4 rings (SSSR count). The summed E-state index contributed by atoms with van der Waals surface area (Å²) in [5.74, 6) is -2.43. The van der Waals surface area contributed by atoms with E-state index >= 15 is 0 Å². The fourth-order valence-corrected chi connectivity index (χ4v) is 6.93. The summed E-state index contributed by atoms with van der Waals surface area (Å²) in [5.41, 5.74) is 1.19. The summed E-state index contributed by atoms with van der Waals surface area (Å²) in [7, 11) is 0. The normalized spacial score (nSPS) is 23.0. The monoisotopic (exact) mass is 823 g/mol. The molecule has 1 aliphatic carbocycles. The maximum Gasteiger partial charge on any atom is 0.311 e. The third kappa shape index (κ3) is 11.3. The van der Waals surface area contributed by atoms with Crippen LogP contribution in [0.4, 0.5) is 0 Å². The van der Waals surface area contributed by atoms with Crippen molar-refractivity contribution < 1.29 is 47.3 Å². The number of esters is 3. The number of furan rings is 1. The van der Waals surface area contributed by atoms with Crippen molar-refractivity contribution in [2.45, 2.75) is 178 Å². The molecular weight excluding hydrogens is 753 g/mol. The maximum atomic E-state index is 14.1. The van der Waals surface area contributed by atoms with Gasteiger partial charge >= 0.3 is 17.9 Å². The lowest BCUT2D eigenvalue weighted by Crippen LogP contribution is -2.70. The van der Waals surface area contributed by atoms with E-state index in [2.05, 4.69) is 57.4 Å². The number of benzene rings is 1. The number of rotatable bonds is 9. The van der Waals surface area contributed by atoms with Gasteiger partial charge in [-0.25, -0.2) is 0 Å². The van der Waals surface area contributed by atoms with E-state index < -0.39 is 88.6 Å². The van der Waals surface area contributed by atoms with E-state index in [0.29, 0.717) is 12.2 Å². The molecule has 2 amide bonds. The van der Waals surface area contributed by atoms with Gasteiger partial charge in [0.2, 0.25) is 5.91 Å². The molecule has 1 aromatic carbocycles. The molecule has 1 aromatic heterocycles. The van der Waals surface area contributed by atoms with Crippen LogP contribution in [-0.2, 0) is 55.4 Å². The molecule has 12 heteroatoms. The Bertz CT molecular complexity index is 1910. The van der Waals surface area contributed by atoms with Gasteiger partial charge in [-0.3, -0.25) is 24.0 Å². The van der Waals surface area contributed by atoms with Crippen LogP contribution in [0, 0.1) is 28.6 Å². The van der Waals surface area contributed by atoms with Gasteiger partial charge in [0.05, 0.1) is 16.2 Å². The topological polar surface area (TPSA) is 159 Å². The van der Waals surface area contributed by atoms with Gasteiger partial charge in [-0.1, -0.05) is 60.6 Å². The highest BCUT2D eigenvalue weighted by Gasteiger charge is 2.54. The zero-order valence-electron chi connectivity index (χ0n) is 38.6. The molecular formula is C47H70N2O10. The number of nitrogens with one attached hydrogen (secondary N) is 2. The van der Waals surface area contributed by atoms with Crippen LogP contribution >= 0.6 is 0 Å². The second kappa shape index (κ2) is 16.7. The third-order valence-corrected chi connectivity index (χ3v) is 11.2. The Morgan fingerprint density at radius 1 is 0.695 bits per heavy atom. The molecule has 0 saturated carbocycles. The van der Waals surface area contributed by atoms with Crippen molar-refractivity contribution in [1.82, 2.24) is 10.6 Å². The summed E-state index contributed by atoms with van der Waals surface area (Å²) in [5, 5.41) is 5.76. The number of carbonyl (C=O) groups excluding carboxylic acids is 5. The van der Waals surface area contributed by atoms with Gasteiger partial charge in [-0.2, -0.15) is 0 Å². The van der Waals surface area contributed by atoms with E-state index in [9.17, 15) is 24.0 Å². The third-order valence-electron chi connectivity index (χ3n) is 11.2. The zero-order chi connectivity index (χ0) is 44.8. The highest BCUT2D eigenvalue weighted by Crippen LogP contribution is 2.47. The smallest absolute Gasteiger partial charge is 0.311 e. The number of amides is 2. The number of fused-ring (bicyclic) bond motifs is 1. The summed E-state index contributed by atoms with van der Waals surface area (Å²) in [6.07, 6.45) is -2.74. The first-order valence-corrected chi connectivity index (χ1v) is 20.8. The molecule has 2 N–H and O–H groups in total. The van der Waals surface area contributed by atoms with Gasteiger partial charge in [-0.15, -0.1) is 0 Å². The van der Waals surface area contributed by atoms with E-state index in [-0.39, 0.29) is 16.6 Å². The minimum Gasteiger partial charge on any atom is -0.462 e. The lowest BCUT2D eigenvalue weighted by molar-refractivity contribution is -0.232. The Balaban J connectivity index is 1.75. The second-order valence-electron chi connectivity index (χ2n) is 21.9. The number of hydrogen-bond acceptors (Lipinski definition) is 10. The van der Waals surface area contributed by atoms with Crippen molar-refractivity contribution in [1.29, 1.82) is 0 Å². The Morgan fingerprint density at radius 3 is 1.71 bits per heavy atom. The molecule has 5 atom stereocenters. The molecule has 2 heterocycles. The molecule has 0 radical (unpaired) electrons. The SMILES string of the molecule is Cc1cc2c(cc1Cc1ccc(C(=O)NC3O[C@H](COC(=O)C(C)(C)C)[C@H](OC(=O)C(C)(C)C)[C@H](NC(=O)C(C)(C)C)[C@H]3OC(=O)C(C)(C)C)o1)C(C)(C)CCC2(C)C. The van der Waals surface area contributed by atoms with Crippen molar-refractivity contribution in [3.63, 3.8) is 0 Å². The average molecular weight is 823 g/mol. The van der Waals surface area contributed by atoms with Crippen LogP contribution in [0.1, 0.15) is 162 Å². The van der Waals surface area contributed by atoms with Crippen molar-refractivity contribution in [2.24, 2.45) is 21.7 Å². The molecule has 1 fully saturated rings. The van der Waals surface area contributed by atoms with Gasteiger partial charge in [0, 0.05) is 11.8 Å². The van der Waals surface area contributed by atoms with E-state index in [1.807, 2.05) is 0 Å². The minimum absolute atomic E-state index is 0.0196. The predicted octanol–water partition coefficient (Wildman–Crippen LogP) is 8.02. The predicted molar refractivity (Wildman–Crippen MR) is 225 cm³/mol. The fourth-order valence-electron chi connectivity index (χ4n) is 6.93. The van der Waals surface area contributed by atoms with Gasteiger partial charge in [0.25, 0.3) is 5.91 Å². The van der Waals surface area contributed by atoms with Crippen molar-refractivity contribution in [3.05, 3.63) is 58.0 Å². The number of ether oxygens (including phenoxy) is 4. The number of aryl methyl sites for hydroxylation is 1. The summed E-state index contributed by atoms with van der Waals surface area (Å²) >= 11 is 0. The van der Waals surface area contributed by atoms with E-state index in [1.165, 1.54) is 11.1 Å². The second-order valence-corrected chi connectivity index (χ2v) is 21.9. The highest BCUT2D eigenvalue weighted by molar-refractivity contribution is 5.91. The fraction of sp³-hybridized carbons (Fsp3) is 0.681. The lowest BCUT2D eigenvalue weighted by atomic mass is 9.62. The van der Waals surface area contributed by atoms with Crippen LogP contribution in [0.25, 0.3) is 0 Å². The van der Waals surface area contributed by atoms with Crippen molar-refractivity contribution >= 4 is 29.7 Å². The van der Waals surface area contributed by atoms with Crippen LogP contribution in [-0.4, -0.2) is 66.9 Å². The van der Waals surface area contributed by atoms with Crippen LogP contribution in [0.2, 0.25) is 0 Å². The summed E-state index contributed by atoms with van der Waals surface area (Å²) in [6, 6.07) is 6.63. The minimum atomic E-state index is -1.43. The molecule has 12 nitrogen and oxygen atoms in total. The van der Waals surface area contributed by atoms with Gasteiger partial charge in [0.1, 0.15) is 24.5 Å².